The predicted molar refractivity (Wildman–Crippen MR) is 142 cm³/mol. The fraction of sp³-hybridized carbons (Fsp3) is 0.0714. The molecule has 0 spiro atoms. The molecule has 0 fully saturated rings. The first-order chi connectivity index (χ1) is 17.4. The number of carbonyl (C=O) groups excluding carboxylic acids is 1. The number of nitrogens with zero attached hydrogens (tertiary/aromatic N) is 2. The van der Waals surface area contributed by atoms with Crippen LogP contribution in [0.15, 0.2) is 114 Å². The Morgan fingerprint density at radius 1 is 0.861 bits per heavy atom. The average molecular weight is 500 g/mol. The Morgan fingerprint density at radius 3 is 2.17 bits per heavy atom. The van der Waals surface area contributed by atoms with Gasteiger partial charge in [0.2, 0.25) is 10.0 Å². The number of para-hydroxylation sites is 2. The molecule has 7 nitrogen and oxygen atoms in total. The van der Waals surface area contributed by atoms with Crippen LogP contribution in [-0.2, 0) is 16.6 Å². The van der Waals surface area contributed by atoms with Crippen LogP contribution in [0.1, 0.15) is 21.5 Å². The summed E-state index contributed by atoms with van der Waals surface area (Å²) in [6, 6.07) is 32.4. The van der Waals surface area contributed by atoms with E-state index in [1.807, 2.05) is 60.7 Å². The van der Waals surface area contributed by atoms with Crippen molar-refractivity contribution in [1.29, 1.82) is 0 Å². The number of nitrogens with one attached hydrogen (secondary N) is 1. The van der Waals surface area contributed by atoms with Crippen molar-refractivity contribution in [3.63, 3.8) is 0 Å². The molecule has 0 bridgehead atoms. The van der Waals surface area contributed by atoms with E-state index in [1.54, 1.807) is 48.5 Å². The number of hydrogen-bond donors (Lipinski definition) is 1. The standard InChI is InChI=1S/C28H25N3O4S/c1-36(33,34)31(25-10-4-2-5-11-25)21-22-15-17-24(18-16-22)28(32)30-29-20-23-9-8-14-27(19-23)35-26-12-6-3-7-13-26/h2-20H,21H2,1H3,(H,30,32)/b29-20-. The summed E-state index contributed by atoms with van der Waals surface area (Å²) < 4.78 is 31.7. The van der Waals surface area contributed by atoms with Crippen molar-refractivity contribution in [2.24, 2.45) is 5.10 Å². The Bertz CT molecular complexity index is 1440. The largest absolute Gasteiger partial charge is 0.457 e. The van der Waals surface area contributed by atoms with E-state index in [-0.39, 0.29) is 12.5 Å². The molecule has 4 aromatic carbocycles. The van der Waals surface area contributed by atoms with Crippen molar-refractivity contribution in [2.45, 2.75) is 6.54 Å². The van der Waals surface area contributed by atoms with E-state index in [1.165, 1.54) is 16.8 Å². The summed E-state index contributed by atoms with van der Waals surface area (Å²) in [5.41, 5.74) is 5.01. The molecule has 182 valence electrons. The maximum atomic E-state index is 12.5. The van der Waals surface area contributed by atoms with Gasteiger partial charge in [0.1, 0.15) is 11.5 Å². The fourth-order valence-electron chi connectivity index (χ4n) is 3.43. The molecule has 0 saturated heterocycles. The van der Waals surface area contributed by atoms with Gasteiger partial charge in [0, 0.05) is 5.56 Å². The average Bonchev–Trinajstić information content (AvgIpc) is 2.88. The number of amides is 1. The molecule has 0 saturated carbocycles. The second kappa shape index (κ2) is 11.3. The lowest BCUT2D eigenvalue weighted by Crippen LogP contribution is -2.29. The van der Waals surface area contributed by atoms with Gasteiger partial charge in [-0.15, -0.1) is 0 Å². The SMILES string of the molecule is CS(=O)(=O)N(Cc1ccc(C(=O)N/N=C\c2cccc(Oc3ccccc3)c2)cc1)c1ccccc1. The Labute approximate surface area is 210 Å². The van der Waals surface area contributed by atoms with Crippen LogP contribution in [-0.4, -0.2) is 26.8 Å². The summed E-state index contributed by atoms with van der Waals surface area (Å²) >= 11 is 0. The third kappa shape index (κ3) is 6.80. The Hall–Kier alpha value is -4.43. The third-order valence-corrected chi connectivity index (χ3v) is 6.34. The summed E-state index contributed by atoms with van der Waals surface area (Å²) in [7, 11) is -3.48. The molecule has 0 aliphatic rings. The summed E-state index contributed by atoms with van der Waals surface area (Å²) in [5.74, 6) is 1.01. The minimum Gasteiger partial charge on any atom is -0.457 e. The van der Waals surface area contributed by atoms with E-state index < -0.39 is 10.0 Å². The number of benzene rings is 4. The van der Waals surface area contributed by atoms with Crippen LogP contribution in [0.2, 0.25) is 0 Å². The number of hydrazone groups is 1. The number of anilines is 1. The van der Waals surface area contributed by atoms with Crippen LogP contribution < -0.4 is 14.5 Å². The quantitative estimate of drug-likeness (QED) is 0.253. The van der Waals surface area contributed by atoms with E-state index in [0.717, 1.165) is 16.9 Å². The van der Waals surface area contributed by atoms with Gasteiger partial charge in [0.05, 0.1) is 24.7 Å². The van der Waals surface area contributed by atoms with Gasteiger partial charge < -0.3 is 4.74 Å². The predicted octanol–water partition coefficient (Wildman–Crippen LogP) is 5.21. The zero-order valence-electron chi connectivity index (χ0n) is 19.6. The lowest BCUT2D eigenvalue weighted by Gasteiger charge is -2.22. The molecule has 0 aliphatic heterocycles. The van der Waals surface area contributed by atoms with Gasteiger partial charge in [0.15, 0.2) is 0 Å². The Balaban J connectivity index is 1.37. The summed E-state index contributed by atoms with van der Waals surface area (Å²) in [6.45, 7) is 0.157. The van der Waals surface area contributed by atoms with E-state index in [9.17, 15) is 13.2 Å². The highest BCUT2D eigenvalue weighted by atomic mass is 32.2. The molecule has 36 heavy (non-hydrogen) atoms. The second-order valence-electron chi connectivity index (χ2n) is 7.99. The molecule has 1 amide bonds. The van der Waals surface area contributed by atoms with Crippen molar-refractivity contribution in [3.8, 4) is 11.5 Å². The monoisotopic (exact) mass is 499 g/mol. The van der Waals surface area contributed by atoms with Crippen molar-refractivity contribution in [2.75, 3.05) is 10.6 Å². The van der Waals surface area contributed by atoms with Gasteiger partial charge in [-0.2, -0.15) is 5.10 Å². The molecule has 4 aromatic rings. The molecule has 0 unspecified atom stereocenters. The van der Waals surface area contributed by atoms with Gasteiger partial charge in [-0.1, -0.05) is 60.7 Å². The fourth-order valence-corrected chi connectivity index (χ4v) is 4.32. The number of rotatable bonds is 9. The second-order valence-corrected chi connectivity index (χ2v) is 9.90. The van der Waals surface area contributed by atoms with Gasteiger partial charge in [0.25, 0.3) is 5.91 Å². The molecule has 0 heterocycles. The highest BCUT2D eigenvalue weighted by molar-refractivity contribution is 7.92. The first-order valence-corrected chi connectivity index (χ1v) is 13.0. The van der Waals surface area contributed by atoms with Crippen molar-refractivity contribution < 1.29 is 17.9 Å². The van der Waals surface area contributed by atoms with Crippen LogP contribution in [0.4, 0.5) is 5.69 Å². The van der Waals surface area contributed by atoms with Gasteiger partial charge in [-0.05, 0) is 59.7 Å². The molecular formula is C28H25N3O4S. The minimum atomic E-state index is -3.48. The maximum absolute atomic E-state index is 12.5. The molecule has 0 radical (unpaired) electrons. The van der Waals surface area contributed by atoms with E-state index >= 15 is 0 Å². The summed E-state index contributed by atoms with van der Waals surface area (Å²) in [6.07, 6.45) is 2.71. The maximum Gasteiger partial charge on any atom is 0.271 e. The van der Waals surface area contributed by atoms with Crippen LogP contribution in [0, 0.1) is 0 Å². The summed E-state index contributed by atoms with van der Waals surface area (Å²) in [5, 5.41) is 4.04. The normalized spacial score (nSPS) is 11.2. The number of ether oxygens (including phenoxy) is 1. The van der Waals surface area contributed by atoms with Crippen LogP contribution in [0.5, 0.6) is 11.5 Å². The first-order valence-electron chi connectivity index (χ1n) is 11.2. The zero-order valence-corrected chi connectivity index (χ0v) is 20.4. The Morgan fingerprint density at radius 2 is 1.50 bits per heavy atom. The van der Waals surface area contributed by atoms with Crippen LogP contribution in [0.3, 0.4) is 0 Å². The van der Waals surface area contributed by atoms with Crippen molar-refractivity contribution in [3.05, 3.63) is 126 Å². The van der Waals surface area contributed by atoms with E-state index in [0.29, 0.717) is 17.0 Å². The lowest BCUT2D eigenvalue weighted by atomic mass is 10.1. The van der Waals surface area contributed by atoms with E-state index in [2.05, 4.69) is 10.5 Å². The first kappa shape index (κ1) is 24.7. The molecule has 4 rings (SSSR count). The molecule has 0 aromatic heterocycles. The number of sulfonamides is 1. The third-order valence-electron chi connectivity index (χ3n) is 5.20. The highest BCUT2D eigenvalue weighted by Crippen LogP contribution is 2.22. The number of hydrogen-bond acceptors (Lipinski definition) is 5. The van der Waals surface area contributed by atoms with Crippen molar-refractivity contribution >= 4 is 27.8 Å². The smallest absolute Gasteiger partial charge is 0.271 e. The topological polar surface area (TPSA) is 88.1 Å². The number of carbonyl (C=O) groups is 1. The molecule has 0 atom stereocenters. The van der Waals surface area contributed by atoms with Gasteiger partial charge in [-0.3, -0.25) is 9.10 Å². The van der Waals surface area contributed by atoms with Crippen molar-refractivity contribution in [1.82, 2.24) is 5.43 Å². The van der Waals surface area contributed by atoms with Gasteiger partial charge in [-0.25, -0.2) is 13.8 Å². The molecule has 0 aliphatic carbocycles. The zero-order chi connectivity index (χ0) is 25.4. The molecule has 1 N–H and O–H groups in total. The molecule has 8 heteroatoms. The van der Waals surface area contributed by atoms with Crippen LogP contribution >= 0.6 is 0 Å². The van der Waals surface area contributed by atoms with Crippen LogP contribution in [0.25, 0.3) is 0 Å². The van der Waals surface area contributed by atoms with E-state index in [4.69, 9.17) is 4.74 Å². The minimum absolute atomic E-state index is 0.157. The lowest BCUT2D eigenvalue weighted by molar-refractivity contribution is 0.0955. The highest BCUT2D eigenvalue weighted by Gasteiger charge is 2.17. The molecular weight excluding hydrogens is 474 g/mol. The summed E-state index contributed by atoms with van der Waals surface area (Å²) in [4.78, 5) is 12.5. The van der Waals surface area contributed by atoms with Gasteiger partial charge >= 0.3 is 0 Å². The Kier molecular flexibility index (Phi) is 7.77.